The molecule has 1 fully saturated rings. The second kappa shape index (κ2) is 5.20. The van der Waals surface area contributed by atoms with E-state index in [4.69, 9.17) is 10.1 Å². The first-order valence-electron chi connectivity index (χ1n) is 5.94. The van der Waals surface area contributed by atoms with E-state index in [9.17, 15) is 8.42 Å². The lowest BCUT2D eigenvalue weighted by Gasteiger charge is -2.29. The molecule has 0 aliphatic carbocycles. The molecule has 1 aromatic rings. The Morgan fingerprint density at radius 2 is 2.26 bits per heavy atom. The third-order valence-corrected chi connectivity index (χ3v) is 5.25. The van der Waals surface area contributed by atoms with Crippen molar-refractivity contribution in [2.75, 3.05) is 13.1 Å². The molecule has 2 heterocycles. The van der Waals surface area contributed by atoms with Gasteiger partial charge in [-0.2, -0.15) is 4.31 Å². The zero-order chi connectivity index (χ0) is 14.0. The molecule has 19 heavy (non-hydrogen) atoms. The molecule has 1 aliphatic rings. The van der Waals surface area contributed by atoms with E-state index in [0.717, 1.165) is 0 Å². The Labute approximate surface area is 111 Å². The van der Waals surface area contributed by atoms with Gasteiger partial charge >= 0.3 is 0 Å². The SMILES string of the molecule is Cc1noc(C)c1S(=O)(=O)N1CCCC(N=[N+]=[N-])C1. The zero-order valence-electron chi connectivity index (χ0n) is 10.8. The van der Waals surface area contributed by atoms with Gasteiger partial charge in [-0.25, -0.2) is 8.42 Å². The maximum atomic E-state index is 12.5. The molecular formula is C10H15N5O3S. The van der Waals surface area contributed by atoms with Crippen LogP contribution in [0.25, 0.3) is 10.4 Å². The van der Waals surface area contributed by atoms with Crippen molar-refractivity contribution >= 4 is 10.0 Å². The number of piperidine rings is 1. The Kier molecular flexibility index (Phi) is 3.79. The lowest BCUT2D eigenvalue weighted by molar-refractivity contribution is 0.315. The van der Waals surface area contributed by atoms with E-state index in [1.165, 1.54) is 4.31 Å². The molecule has 1 saturated heterocycles. The van der Waals surface area contributed by atoms with E-state index in [1.807, 2.05) is 0 Å². The number of nitrogens with zero attached hydrogens (tertiary/aromatic N) is 5. The standard InChI is InChI=1S/C10H15N5O3S/c1-7-10(8(2)18-13-7)19(16,17)15-5-3-4-9(6-15)12-14-11/h9H,3-6H2,1-2H3. The average molecular weight is 285 g/mol. The molecule has 2 rings (SSSR count). The number of azide groups is 1. The number of hydrogen-bond donors (Lipinski definition) is 0. The minimum Gasteiger partial charge on any atom is -0.360 e. The molecule has 0 radical (unpaired) electrons. The van der Waals surface area contributed by atoms with Crippen LogP contribution in [0, 0.1) is 13.8 Å². The summed E-state index contributed by atoms with van der Waals surface area (Å²) in [5.41, 5.74) is 8.80. The number of rotatable bonds is 3. The van der Waals surface area contributed by atoms with Crippen molar-refractivity contribution in [3.63, 3.8) is 0 Å². The van der Waals surface area contributed by atoms with Gasteiger partial charge in [-0.05, 0) is 32.2 Å². The Balaban J connectivity index is 2.32. The zero-order valence-corrected chi connectivity index (χ0v) is 11.6. The summed E-state index contributed by atoms with van der Waals surface area (Å²) in [5.74, 6) is 0.281. The van der Waals surface area contributed by atoms with Crippen LogP contribution in [0.4, 0.5) is 0 Å². The molecule has 0 bridgehead atoms. The minimum atomic E-state index is -3.64. The Morgan fingerprint density at radius 3 is 2.84 bits per heavy atom. The second-order valence-electron chi connectivity index (χ2n) is 4.52. The highest BCUT2D eigenvalue weighted by Crippen LogP contribution is 2.26. The molecule has 1 aromatic heterocycles. The molecule has 104 valence electrons. The summed E-state index contributed by atoms with van der Waals surface area (Å²) in [6.45, 7) is 3.79. The second-order valence-corrected chi connectivity index (χ2v) is 6.39. The van der Waals surface area contributed by atoms with Gasteiger partial charge in [0.05, 0.1) is 6.04 Å². The normalized spacial score (nSPS) is 21.1. The smallest absolute Gasteiger partial charge is 0.248 e. The first kappa shape index (κ1) is 13.9. The van der Waals surface area contributed by atoms with Gasteiger partial charge in [0.15, 0.2) is 5.76 Å². The lowest BCUT2D eigenvalue weighted by Crippen LogP contribution is -2.41. The van der Waals surface area contributed by atoms with Crippen LogP contribution in [-0.4, -0.2) is 37.0 Å². The van der Waals surface area contributed by atoms with Crippen LogP contribution >= 0.6 is 0 Å². The monoisotopic (exact) mass is 285 g/mol. The van der Waals surface area contributed by atoms with Crippen LogP contribution in [0.5, 0.6) is 0 Å². The third kappa shape index (κ3) is 2.58. The molecule has 0 spiro atoms. The number of aryl methyl sites for hydroxylation is 2. The van der Waals surface area contributed by atoms with Crippen molar-refractivity contribution in [3.05, 3.63) is 21.9 Å². The molecule has 8 nitrogen and oxygen atoms in total. The summed E-state index contributed by atoms with van der Waals surface area (Å²) in [6, 6.07) is -0.311. The van der Waals surface area contributed by atoms with E-state index in [2.05, 4.69) is 15.2 Å². The summed E-state index contributed by atoms with van der Waals surface area (Å²) >= 11 is 0. The molecule has 1 unspecified atom stereocenters. The summed E-state index contributed by atoms with van der Waals surface area (Å²) in [5, 5.41) is 7.28. The fourth-order valence-electron chi connectivity index (χ4n) is 2.28. The molecule has 9 heteroatoms. The van der Waals surface area contributed by atoms with Crippen molar-refractivity contribution in [1.82, 2.24) is 9.46 Å². The van der Waals surface area contributed by atoms with Gasteiger partial charge < -0.3 is 4.52 Å². The largest absolute Gasteiger partial charge is 0.360 e. The fraction of sp³-hybridized carbons (Fsp3) is 0.700. The van der Waals surface area contributed by atoms with Gasteiger partial charge in [0.1, 0.15) is 10.6 Å². The minimum absolute atomic E-state index is 0.120. The van der Waals surface area contributed by atoms with Crippen LogP contribution in [0.15, 0.2) is 14.5 Å². The first-order chi connectivity index (χ1) is 8.96. The first-order valence-corrected chi connectivity index (χ1v) is 7.38. The van der Waals surface area contributed by atoms with Gasteiger partial charge in [0.25, 0.3) is 0 Å². The highest BCUT2D eigenvalue weighted by Gasteiger charge is 2.34. The maximum absolute atomic E-state index is 12.5. The van der Waals surface area contributed by atoms with E-state index >= 15 is 0 Å². The van der Waals surface area contributed by atoms with E-state index in [-0.39, 0.29) is 23.2 Å². The molecule has 0 saturated carbocycles. The van der Waals surface area contributed by atoms with E-state index in [1.54, 1.807) is 13.8 Å². The number of aromatic nitrogens is 1. The van der Waals surface area contributed by atoms with Gasteiger partial charge in [0.2, 0.25) is 10.0 Å². The highest BCUT2D eigenvalue weighted by molar-refractivity contribution is 7.89. The Hall–Kier alpha value is -1.57. The Morgan fingerprint density at radius 1 is 1.53 bits per heavy atom. The summed E-state index contributed by atoms with van der Waals surface area (Å²) < 4.78 is 31.3. The summed E-state index contributed by atoms with van der Waals surface area (Å²) in [7, 11) is -3.64. The maximum Gasteiger partial charge on any atom is 0.248 e. The summed E-state index contributed by atoms with van der Waals surface area (Å²) in [4.78, 5) is 2.87. The Bertz CT molecular complexity index is 598. The van der Waals surface area contributed by atoms with Crippen LogP contribution < -0.4 is 0 Å². The van der Waals surface area contributed by atoms with Gasteiger partial charge in [-0.3, -0.25) is 0 Å². The molecule has 1 atom stereocenters. The van der Waals surface area contributed by atoms with Crippen molar-refractivity contribution in [3.8, 4) is 0 Å². The van der Waals surface area contributed by atoms with Crippen molar-refractivity contribution in [2.45, 2.75) is 37.6 Å². The van der Waals surface area contributed by atoms with Crippen molar-refractivity contribution < 1.29 is 12.9 Å². The van der Waals surface area contributed by atoms with Crippen LogP contribution in [0.1, 0.15) is 24.3 Å². The fourth-order valence-corrected chi connectivity index (χ4v) is 4.09. The lowest BCUT2D eigenvalue weighted by atomic mass is 10.1. The number of hydrogen-bond acceptors (Lipinski definition) is 5. The molecule has 0 N–H and O–H groups in total. The molecule has 0 amide bonds. The van der Waals surface area contributed by atoms with E-state index < -0.39 is 10.0 Å². The predicted molar refractivity (Wildman–Crippen MR) is 66.9 cm³/mol. The summed E-state index contributed by atoms with van der Waals surface area (Å²) in [6.07, 6.45) is 1.38. The predicted octanol–water partition coefficient (Wildman–Crippen LogP) is 1.75. The number of sulfonamides is 1. The van der Waals surface area contributed by atoms with Crippen LogP contribution in [0.2, 0.25) is 0 Å². The quantitative estimate of drug-likeness (QED) is 0.478. The van der Waals surface area contributed by atoms with Gasteiger partial charge in [-0.1, -0.05) is 10.3 Å². The topological polar surface area (TPSA) is 112 Å². The van der Waals surface area contributed by atoms with Gasteiger partial charge in [0, 0.05) is 18.0 Å². The molecule has 1 aliphatic heterocycles. The van der Waals surface area contributed by atoms with Gasteiger partial charge in [-0.15, -0.1) is 0 Å². The molecular weight excluding hydrogens is 270 g/mol. The van der Waals surface area contributed by atoms with Crippen molar-refractivity contribution in [2.24, 2.45) is 5.11 Å². The van der Waals surface area contributed by atoms with Crippen LogP contribution in [0.3, 0.4) is 0 Å². The third-order valence-electron chi connectivity index (χ3n) is 3.14. The van der Waals surface area contributed by atoms with Crippen molar-refractivity contribution in [1.29, 1.82) is 0 Å². The average Bonchev–Trinajstić information content (AvgIpc) is 2.70. The van der Waals surface area contributed by atoms with E-state index in [0.29, 0.717) is 25.1 Å². The molecule has 0 aromatic carbocycles. The van der Waals surface area contributed by atoms with Crippen LogP contribution in [-0.2, 0) is 10.0 Å². The highest BCUT2D eigenvalue weighted by atomic mass is 32.2.